The van der Waals surface area contributed by atoms with E-state index in [1.54, 1.807) is 0 Å². The molecule has 0 bridgehead atoms. The van der Waals surface area contributed by atoms with Gasteiger partial charge in [-0.05, 0) is 25.1 Å². The van der Waals surface area contributed by atoms with E-state index in [1.807, 2.05) is 11.8 Å². The van der Waals surface area contributed by atoms with E-state index in [2.05, 4.69) is 11.8 Å². The van der Waals surface area contributed by atoms with Crippen molar-refractivity contribution in [1.29, 1.82) is 0 Å². The summed E-state index contributed by atoms with van der Waals surface area (Å²) < 4.78 is 25.8. The van der Waals surface area contributed by atoms with Crippen molar-refractivity contribution in [2.24, 2.45) is 0 Å². The molecule has 0 amide bonds. The predicted octanol–water partition coefficient (Wildman–Crippen LogP) is 2.58. The SMILES string of the molecule is CC1CSCCN1CC(=O)c1ccc(F)c(F)c1. The Kier molecular flexibility index (Phi) is 4.35. The molecule has 2 nitrogen and oxygen atoms in total. The monoisotopic (exact) mass is 271 g/mol. The average Bonchev–Trinajstić information content (AvgIpc) is 2.35. The third kappa shape index (κ3) is 3.09. The molecule has 2 rings (SSSR count). The first-order valence-electron chi connectivity index (χ1n) is 5.88. The van der Waals surface area contributed by atoms with Gasteiger partial charge in [0.25, 0.3) is 0 Å². The summed E-state index contributed by atoms with van der Waals surface area (Å²) in [5.41, 5.74) is 0.235. The maximum atomic E-state index is 13.1. The highest BCUT2D eigenvalue weighted by Gasteiger charge is 2.21. The van der Waals surface area contributed by atoms with Gasteiger partial charge in [-0.3, -0.25) is 9.69 Å². The average molecular weight is 271 g/mol. The first-order valence-corrected chi connectivity index (χ1v) is 7.03. The number of carbonyl (C=O) groups excluding carboxylic acids is 1. The summed E-state index contributed by atoms with van der Waals surface area (Å²) in [6, 6.07) is 3.65. The van der Waals surface area contributed by atoms with Crippen LogP contribution >= 0.6 is 11.8 Å². The molecule has 1 aliphatic rings. The summed E-state index contributed by atoms with van der Waals surface area (Å²) in [5.74, 6) is -0.0365. The molecule has 1 aliphatic heterocycles. The second-order valence-corrected chi connectivity index (χ2v) is 5.60. The van der Waals surface area contributed by atoms with E-state index in [-0.39, 0.29) is 17.9 Å². The molecule has 1 heterocycles. The van der Waals surface area contributed by atoms with Crippen molar-refractivity contribution in [3.63, 3.8) is 0 Å². The zero-order chi connectivity index (χ0) is 13.1. The zero-order valence-electron chi connectivity index (χ0n) is 10.2. The summed E-state index contributed by atoms with van der Waals surface area (Å²) in [4.78, 5) is 14.1. The van der Waals surface area contributed by atoms with Crippen LogP contribution in [0.25, 0.3) is 0 Å². The molecule has 0 aliphatic carbocycles. The van der Waals surface area contributed by atoms with Gasteiger partial charge in [0.1, 0.15) is 0 Å². The summed E-state index contributed by atoms with van der Waals surface area (Å²) >= 11 is 1.87. The molecular formula is C13H15F2NOS. The van der Waals surface area contributed by atoms with E-state index >= 15 is 0 Å². The Labute approximate surface area is 109 Å². The lowest BCUT2D eigenvalue weighted by Gasteiger charge is -2.32. The van der Waals surface area contributed by atoms with Crippen LogP contribution in [-0.4, -0.2) is 41.3 Å². The molecule has 1 aromatic carbocycles. The number of nitrogens with zero attached hydrogens (tertiary/aromatic N) is 1. The van der Waals surface area contributed by atoms with Crippen molar-refractivity contribution < 1.29 is 13.6 Å². The van der Waals surface area contributed by atoms with Crippen molar-refractivity contribution in [2.45, 2.75) is 13.0 Å². The molecule has 0 radical (unpaired) electrons. The van der Waals surface area contributed by atoms with Gasteiger partial charge in [-0.15, -0.1) is 0 Å². The van der Waals surface area contributed by atoms with E-state index in [0.717, 1.165) is 30.2 Å². The van der Waals surface area contributed by atoms with Crippen molar-refractivity contribution in [3.05, 3.63) is 35.4 Å². The maximum Gasteiger partial charge on any atom is 0.176 e. The predicted molar refractivity (Wildman–Crippen MR) is 69.0 cm³/mol. The molecule has 0 saturated carbocycles. The quantitative estimate of drug-likeness (QED) is 0.788. The van der Waals surface area contributed by atoms with Crippen LogP contribution in [-0.2, 0) is 0 Å². The number of benzene rings is 1. The van der Waals surface area contributed by atoms with Crippen molar-refractivity contribution in [2.75, 3.05) is 24.6 Å². The first-order chi connectivity index (χ1) is 8.58. The Balaban J connectivity index is 2.04. The second kappa shape index (κ2) is 5.80. The van der Waals surface area contributed by atoms with Gasteiger partial charge < -0.3 is 0 Å². The van der Waals surface area contributed by atoms with E-state index in [0.29, 0.717) is 6.04 Å². The number of rotatable bonds is 3. The molecule has 1 atom stereocenters. The smallest absolute Gasteiger partial charge is 0.176 e. The van der Waals surface area contributed by atoms with Gasteiger partial charge in [0, 0.05) is 29.7 Å². The first kappa shape index (κ1) is 13.5. The van der Waals surface area contributed by atoms with E-state index in [4.69, 9.17) is 0 Å². The minimum Gasteiger partial charge on any atom is -0.293 e. The van der Waals surface area contributed by atoms with Crippen LogP contribution in [0.3, 0.4) is 0 Å². The minimum atomic E-state index is -0.969. The van der Waals surface area contributed by atoms with Crippen molar-refractivity contribution in [3.8, 4) is 0 Å². The molecule has 0 aromatic heterocycles. The van der Waals surface area contributed by atoms with Gasteiger partial charge in [-0.2, -0.15) is 11.8 Å². The third-order valence-corrected chi connectivity index (χ3v) is 4.28. The van der Waals surface area contributed by atoms with E-state index in [1.165, 1.54) is 6.07 Å². The van der Waals surface area contributed by atoms with E-state index < -0.39 is 11.6 Å². The second-order valence-electron chi connectivity index (χ2n) is 4.45. The summed E-state index contributed by atoms with van der Waals surface area (Å²) in [7, 11) is 0. The van der Waals surface area contributed by atoms with Crippen LogP contribution in [0.15, 0.2) is 18.2 Å². The lowest BCUT2D eigenvalue weighted by molar-refractivity contribution is 0.0910. The van der Waals surface area contributed by atoms with Crippen LogP contribution in [0.4, 0.5) is 8.78 Å². The Bertz CT molecular complexity index is 453. The number of hydrogen-bond acceptors (Lipinski definition) is 3. The fourth-order valence-corrected chi connectivity index (χ4v) is 3.02. The van der Waals surface area contributed by atoms with Crippen molar-refractivity contribution in [1.82, 2.24) is 4.90 Å². The molecule has 98 valence electrons. The maximum absolute atomic E-state index is 13.1. The summed E-state index contributed by atoms with van der Waals surface area (Å²) in [6.07, 6.45) is 0. The van der Waals surface area contributed by atoms with Gasteiger partial charge in [0.05, 0.1) is 6.54 Å². The van der Waals surface area contributed by atoms with Crippen LogP contribution in [0.5, 0.6) is 0 Å². The number of hydrogen-bond donors (Lipinski definition) is 0. The van der Waals surface area contributed by atoms with Gasteiger partial charge >= 0.3 is 0 Å². The molecule has 1 aromatic rings. The number of thioether (sulfide) groups is 1. The minimum absolute atomic E-state index is 0.160. The highest BCUT2D eigenvalue weighted by Crippen LogP contribution is 2.17. The standard InChI is InChI=1S/C13H15F2NOS/c1-9-8-18-5-4-16(9)7-13(17)10-2-3-11(14)12(15)6-10/h2-3,6,9H,4-5,7-8H2,1H3. The normalized spacial score (nSPS) is 20.9. The van der Waals surface area contributed by atoms with Crippen LogP contribution in [0.1, 0.15) is 17.3 Å². The van der Waals surface area contributed by atoms with Crippen molar-refractivity contribution >= 4 is 17.5 Å². The highest BCUT2D eigenvalue weighted by molar-refractivity contribution is 7.99. The Hall–Kier alpha value is -0.940. The molecule has 0 N–H and O–H groups in total. The molecule has 1 unspecified atom stereocenters. The van der Waals surface area contributed by atoms with Gasteiger partial charge in [0.2, 0.25) is 0 Å². The fraction of sp³-hybridized carbons (Fsp3) is 0.462. The summed E-state index contributed by atoms with van der Waals surface area (Å²) in [6.45, 7) is 3.21. The Morgan fingerprint density at radius 3 is 2.89 bits per heavy atom. The molecule has 0 spiro atoms. The number of ketones is 1. The fourth-order valence-electron chi connectivity index (χ4n) is 1.94. The van der Waals surface area contributed by atoms with Gasteiger partial charge in [-0.25, -0.2) is 8.78 Å². The summed E-state index contributed by atoms with van der Waals surface area (Å²) in [5, 5.41) is 0. The number of Topliss-reactive ketones (excluding diaryl/α,β-unsaturated/α-hetero) is 1. The molecule has 5 heteroatoms. The lowest BCUT2D eigenvalue weighted by Crippen LogP contribution is -2.43. The third-order valence-electron chi connectivity index (χ3n) is 3.09. The molecule has 18 heavy (non-hydrogen) atoms. The van der Waals surface area contributed by atoms with Crippen LogP contribution in [0, 0.1) is 11.6 Å². The largest absolute Gasteiger partial charge is 0.293 e. The molecule has 1 fully saturated rings. The Morgan fingerprint density at radius 2 is 2.22 bits per heavy atom. The van der Waals surface area contributed by atoms with Crippen LogP contribution < -0.4 is 0 Å². The van der Waals surface area contributed by atoms with Gasteiger partial charge in [-0.1, -0.05) is 0 Å². The van der Waals surface area contributed by atoms with E-state index in [9.17, 15) is 13.6 Å². The molecular weight excluding hydrogens is 256 g/mol. The molecule has 1 saturated heterocycles. The zero-order valence-corrected chi connectivity index (χ0v) is 11.0. The number of carbonyl (C=O) groups is 1. The number of halogens is 2. The van der Waals surface area contributed by atoms with Crippen LogP contribution in [0.2, 0.25) is 0 Å². The topological polar surface area (TPSA) is 20.3 Å². The Morgan fingerprint density at radius 1 is 1.44 bits per heavy atom. The lowest BCUT2D eigenvalue weighted by atomic mass is 10.1. The van der Waals surface area contributed by atoms with Gasteiger partial charge in [0.15, 0.2) is 17.4 Å². The highest BCUT2D eigenvalue weighted by atomic mass is 32.2.